The number of benzene rings is 1. The van der Waals surface area contributed by atoms with Gasteiger partial charge in [-0.1, -0.05) is 12.1 Å². The molecule has 0 aliphatic rings. The third-order valence-electron chi connectivity index (χ3n) is 4.11. The summed E-state index contributed by atoms with van der Waals surface area (Å²) in [6.45, 7) is 0. The predicted molar refractivity (Wildman–Crippen MR) is 90.3 cm³/mol. The Labute approximate surface area is 136 Å². The molecule has 5 aromatic rings. The Morgan fingerprint density at radius 3 is 2.75 bits per heavy atom. The summed E-state index contributed by atoms with van der Waals surface area (Å²) >= 11 is 0. The minimum absolute atomic E-state index is 0.585. The highest BCUT2D eigenvalue weighted by Gasteiger charge is 2.14. The monoisotopic (exact) mass is 315 g/mol. The van der Waals surface area contributed by atoms with Crippen molar-refractivity contribution >= 4 is 22.1 Å². The van der Waals surface area contributed by atoms with Crippen LogP contribution < -0.4 is 0 Å². The van der Waals surface area contributed by atoms with E-state index in [1.54, 1.807) is 18.9 Å². The number of aryl methyl sites for hydroxylation is 1. The van der Waals surface area contributed by atoms with Gasteiger partial charge in [0.1, 0.15) is 18.3 Å². The van der Waals surface area contributed by atoms with Crippen LogP contribution in [0.1, 0.15) is 0 Å². The number of fused-ring (bicyclic) bond motifs is 2. The molecular weight excluding hydrogens is 302 g/mol. The Morgan fingerprint density at radius 2 is 1.88 bits per heavy atom. The summed E-state index contributed by atoms with van der Waals surface area (Å²) in [6.07, 6.45) is 9.10. The van der Waals surface area contributed by atoms with E-state index in [1.165, 1.54) is 0 Å². The van der Waals surface area contributed by atoms with E-state index in [0.29, 0.717) is 5.95 Å². The fraction of sp³-hybridized carbons (Fsp3) is 0.0588. The smallest absolute Gasteiger partial charge is 0.239 e. The standard InChI is InChI=1S/C17H13N7/c1-22-8-6-12-15(22)20-17(21-16(12)23-9-7-18-10-23)24-11-19-13-4-2-3-5-14(13)24/h2-11H,1H3. The first-order chi connectivity index (χ1) is 11.8. The highest BCUT2D eigenvalue weighted by atomic mass is 15.2. The topological polar surface area (TPSA) is 66.3 Å². The van der Waals surface area contributed by atoms with Crippen molar-refractivity contribution in [2.75, 3.05) is 0 Å². The van der Waals surface area contributed by atoms with Crippen LogP contribution in [0.4, 0.5) is 0 Å². The van der Waals surface area contributed by atoms with Gasteiger partial charge in [0.15, 0.2) is 5.82 Å². The number of hydrogen-bond acceptors (Lipinski definition) is 4. The van der Waals surface area contributed by atoms with Crippen molar-refractivity contribution in [3.05, 3.63) is 61.6 Å². The number of rotatable bonds is 2. The van der Waals surface area contributed by atoms with E-state index in [-0.39, 0.29) is 0 Å². The molecule has 24 heavy (non-hydrogen) atoms. The van der Waals surface area contributed by atoms with E-state index in [2.05, 4.69) is 9.97 Å². The van der Waals surface area contributed by atoms with Gasteiger partial charge >= 0.3 is 0 Å². The van der Waals surface area contributed by atoms with Crippen LogP contribution in [-0.4, -0.2) is 33.6 Å². The van der Waals surface area contributed by atoms with Crippen molar-refractivity contribution in [3.63, 3.8) is 0 Å². The first-order valence-electron chi connectivity index (χ1n) is 7.55. The average Bonchev–Trinajstić information content (AvgIpc) is 3.34. The second-order valence-electron chi connectivity index (χ2n) is 5.58. The quantitative estimate of drug-likeness (QED) is 0.502. The molecule has 0 radical (unpaired) electrons. The third kappa shape index (κ3) is 1.78. The van der Waals surface area contributed by atoms with Gasteiger partial charge in [0.25, 0.3) is 0 Å². The van der Waals surface area contributed by atoms with Crippen molar-refractivity contribution in [1.29, 1.82) is 0 Å². The third-order valence-corrected chi connectivity index (χ3v) is 4.11. The Morgan fingerprint density at radius 1 is 0.958 bits per heavy atom. The number of hydrogen-bond donors (Lipinski definition) is 0. The van der Waals surface area contributed by atoms with Crippen molar-refractivity contribution in [2.24, 2.45) is 7.05 Å². The van der Waals surface area contributed by atoms with Crippen LogP contribution in [0.3, 0.4) is 0 Å². The van der Waals surface area contributed by atoms with E-state index in [1.807, 2.05) is 63.5 Å². The molecule has 0 spiro atoms. The SMILES string of the molecule is Cn1ccc2c(-n3ccnc3)nc(-n3cnc4ccccc43)nc21. The normalized spacial score (nSPS) is 11.5. The summed E-state index contributed by atoms with van der Waals surface area (Å²) in [7, 11) is 1.98. The zero-order valence-corrected chi connectivity index (χ0v) is 12.9. The highest BCUT2D eigenvalue weighted by molar-refractivity contribution is 5.85. The zero-order valence-electron chi connectivity index (χ0n) is 12.9. The van der Waals surface area contributed by atoms with E-state index < -0.39 is 0 Å². The van der Waals surface area contributed by atoms with Crippen LogP contribution in [0.25, 0.3) is 33.8 Å². The number of imidazole rings is 2. The fourth-order valence-corrected chi connectivity index (χ4v) is 2.92. The van der Waals surface area contributed by atoms with Crippen molar-refractivity contribution < 1.29 is 0 Å². The van der Waals surface area contributed by atoms with E-state index in [0.717, 1.165) is 27.9 Å². The second-order valence-corrected chi connectivity index (χ2v) is 5.58. The second kappa shape index (κ2) is 4.76. The Kier molecular flexibility index (Phi) is 2.58. The molecule has 0 unspecified atom stereocenters. The first-order valence-corrected chi connectivity index (χ1v) is 7.55. The van der Waals surface area contributed by atoms with Gasteiger partial charge in [-0.3, -0.25) is 9.13 Å². The largest absolute Gasteiger partial charge is 0.335 e. The maximum atomic E-state index is 4.77. The summed E-state index contributed by atoms with van der Waals surface area (Å²) in [4.78, 5) is 18.1. The molecule has 0 N–H and O–H groups in total. The molecular formula is C17H13N7. The van der Waals surface area contributed by atoms with Gasteiger partial charge in [0, 0.05) is 25.6 Å². The summed E-state index contributed by atoms with van der Waals surface area (Å²) in [5.41, 5.74) is 2.75. The minimum atomic E-state index is 0.585. The number of para-hydroxylation sites is 2. The molecule has 7 heteroatoms. The molecule has 0 bridgehead atoms. The van der Waals surface area contributed by atoms with Gasteiger partial charge in [-0.15, -0.1) is 0 Å². The summed E-state index contributed by atoms with van der Waals surface area (Å²) < 4.78 is 5.79. The molecule has 0 saturated heterocycles. The lowest BCUT2D eigenvalue weighted by Gasteiger charge is -2.08. The lowest BCUT2D eigenvalue weighted by atomic mass is 10.3. The van der Waals surface area contributed by atoms with Gasteiger partial charge in [0.05, 0.1) is 16.4 Å². The van der Waals surface area contributed by atoms with Crippen LogP contribution in [0.2, 0.25) is 0 Å². The Balaban J connectivity index is 1.85. The Hall–Kier alpha value is -3.48. The van der Waals surface area contributed by atoms with Crippen LogP contribution in [0.15, 0.2) is 61.6 Å². The minimum Gasteiger partial charge on any atom is -0.335 e. The van der Waals surface area contributed by atoms with Crippen LogP contribution >= 0.6 is 0 Å². The Bertz CT molecular complexity index is 1160. The van der Waals surface area contributed by atoms with Gasteiger partial charge in [-0.2, -0.15) is 9.97 Å². The van der Waals surface area contributed by atoms with Crippen molar-refractivity contribution in [3.8, 4) is 11.8 Å². The summed E-state index contributed by atoms with van der Waals surface area (Å²) in [5, 5.41) is 0.976. The van der Waals surface area contributed by atoms with E-state index >= 15 is 0 Å². The van der Waals surface area contributed by atoms with Gasteiger partial charge in [-0.05, 0) is 18.2 Å². The maximum Gasteiger partial charge on any atom is 0.239 e. The molecule has 0 atom stereocenters. The van der Waals surface area contributed by atoms with Crippen molar-refractivity contribution in [1.82, 2.24) is 33.6 Å². The molecule has 0 aliphatic carbocycles. The lowest BCUT2D eigenvalue weighted by molar-refractivity contribution is 0.890. The number of nitrogens with zero attached hydrogens (tertiary/aromatic N) is 7. The molecule has 4 heterocycles. The van der Waals surface area contributed by atoms with Crippen molar-refractivity contribution in [2.45, 2.75) is 0 Å². The molecule has 4 aromatic heterocycles. The van der Waals surface area contributed by atoms with E-state index in [4.69, 9.17) is 9.97 Å². The van der Waals surface area contributed by atoms with Gasteiger partial charge < -0.3 is 4.57 Å². The zero-order chi connectivity index (χ0) is 16.1. The molecule has 0 fully saturated rings. The predicted octanol–water partition coefficient (Wildman–Crippen LogP) is 2.49. The van der Waals surface area contributed by atoms with Gasteiger partial charge in [0.2, 0.25) is 5.95 Å². The molecule has 1 aromatic carbocycles. The molecule has 5 rings (SSSR count). The molecule has 0 aliphatic heterocycles. The van der Waals surface area contributed by atoms with Gasteiger partial charge in [-0.25, -0.2) is 9.97 Å². The molecule has 0 saturated carbocycles. The summed E-state index contributed by atoms with van der Waals surface area (Å²) in [6, 6.07) is 9.96. The van der Waals surface area contributed by atoms with Crippen LogP contribution in [0, 0.1) is 0 Å². The summed E-state index contributed by atoms with van der Waals surface area (Å²) in [5.74, 6) is 1.38. The van der Waals surface area contributed by atoms with Crippen LogP contribution in [0.5, 0.6) is 0 Å². The lowest BCUT2D eigenvalue weighted by Crippen LogP contribution is -2.06. The first kappa shape index (κ1) is 13.0. The number of aromatic nitrogens is 7. The highest BCUT2D eigenvalue weighted by Crippen LogP contribution is 2.23. The molecule has 116 valence electrons. The molecule has 0 amide bonds. The fourth-order valence-electron chi connectivity index (χ4n) is 2.92. The molecule has 7 nitrogen and oxygen atoms in total. The average molecular weight is 315 g/mol. The van der Waals surface area contributed by atoms with E-state index in [9.17, 15) is 0 Å². The maximum absolute atomic E-state index is 4.77. The van der Waals surface area contributed by atoms with Crippen LogP contribution in [-0.2, 0) is 7.05 Å².